The van der Waals surface area contributed by atoms with Gasteiger partial charge in [0.1, 0.15) is 5.75 Å². The highest BCUT2D eigenvalue weighted by atomic mass is 32.1. The van der Waals surface area contributed by atoms with Crippen LogP contribution in [0.4, 0.5) is 0 Å². The summed E-state index contributed by atoms with van der Waals surface area (Å²) in [6.45, 7) is 0.618. The topological polar surface area (TPSA) is 93.3 Å². The average molecular weight is 453 g/mol. The predicted molar refractivity (Wildman–Crippen MR) is 117 cm³/mol. The summed E-state index contributed by atoms with van der Waals surface area (Å²) >= 11 is 6.64. The number of amides is 1. The molecule has 2 N–H and O–H groups in total. The number of benzene rings is 2. The minimum atomic E-state index is -0.402. The summed E-state index contributed by atoms with van der Waals surface area (Å²) in [6, 6.07) is 10.4. The van der Waals surface area contributed by atoms with Crippen LogP contribution in [0.25, 0.3) is 12.2 Å². The van der Waals surface area contributed by atoms with Gasteiger partial charge in [0, 0.05) is 23.4 Å². The van der Waals surface area contributed by atoms with Gasteiger partial charge in [-0.25, -0.2) is 4.99 Å². The number of fused-ring (bicyclic) bond motifs is 2. The summed E-state index contributed by atoms with van der Waals surface area (Å²) in [6.07, 6.45) is 3.96. The van der Waals surface area contributed by atoms with Crippen LogP contribution in [0.2, 0.25) is 0 Å². The van der Waals surface area contributed by atoms with E-state index < -0.39 is 5.91 Å². The van der Waals surface area contributed by atoms with Crippen LogP contribution in [-0.4, -0.2) is 27.5 Å². The van der Waals surface area contributed by atoms with Gasteiger partial charge in [-0.3, -0.25) is 9.36 Å². The molecule has 1 amide bonds. The minimum absolute atomic E-state index is 0.0129. The molecule has 2 aliphatic rings. The molecular weight excluding hydrogens is 436 g/mol. The SMILES string of the molecule is O=C1N=c2cc3c(cc2=C/C1=C/c1sc(=S)n(CCc2ccc(O)cc2)c1O)OCO3. The van der Waals surface area contributed by atoms with Crippen LogP contribution in [0.1, 0.15) is 10.4 Å². The number of aromatic nitrogens is 1. The van der Waals surface area contributed by atoms with E-state index in [1.54, 1.807) is 41.0 Å². The fraction of sp³-hybridized carbons (Fsp3) is 0.136. The lowest BCUT2D eigenvalue weighted by Gasteiger charge is -2.06. The molecule has 5 rings (SSSR count). The minimum Gasteiger partial charge on any atom is -0.508 e. The Bertz CT molecular complexity index is 1420. The van der Waals surface area contributed by atoms with Crippen LogP contribution in [0, 0.1) is 3.95 Å². The summed E-state index contributed by atoms with van der Waals surface area (Å²) < 4.78 is 12.9. The number of aryl methyl sites for hydroxylation is 1. The lowest BCUT2D eigenvalue weighted by molar-refractivity contribution is -0.114. The number of nitrogens with zero attached hydrogens (tertiary/aromatic N) is 2. The Morgan fingerprint density at radius 3 is 2.68 bits per heavy atom. The van der Waals surface area contributed by atoms with E-state index in [9.17, 15) is 15.0 Å². The molecule has 0 unspecified atom stereocenters. The van der Waals surface area contributed by atoms with Gasteiger partial charge >= 0.3 is 0 Å². The van der Waals surface area contributed by atoms with Crippen molar-refractivity contribution in [1.82, 2.24) is 4.57 Å². The Balaban J connectivity index is 1.45. The van der Waals surface area contributed by atoms with Crippen LogP contribution >= 0.6 is 23.6 Å². The zero-order valence-electron chi connectivity index (χ0n) is 16.1. The number of hydrogen-bond donors (Lipinski definition) is 2. The molecule has 0 atom stereocenters. The fourth-order valence-electron chi connectivity index (χ4n) is 3.42. The van der Waals surface area contributed by atoms with Crippen molar-refractivity contribution in [3.05, 3.63) is 66.9 Å². The highest BCUT2D eigenvalue weighted by molar-refractivity contribution is 7.73. The van der Waals surface area contributed by atoms with Crippen molar-refractivity contribution in [3.63, 3.8) is 0 Å². The maximum Gasteiger partial charge on any atom is 0.277 e. The first-order valence-corrected chi connectivity index (χ1v) is 10.7. The summed E-state index contributed by atoms with van der Waals surface area (Å²) in [5.74, 6) is 0.993. The van der Waals surface area contributed by atoms with Crippen molar-refractivity contribution in [3.8, 4) is 23.1 Å². The van der Waals surface area contributed by atoms with Crippen LogP contribution < -0.4 is 20.0 Å². The van der Waals surface area contributed by atoms with Gasteiger partial charge < -0.3 is 19.7 Å². The second kappa shape index (κ2) is 7.68. The molecule has 0 bridgehead atoms. The highest BCUT2D eigenvalue weighted by Crippen LogP contribution is 2.31. The molecule has 0 saturated carbocycles. The molecule has 1 aromatic heterocycles. The van der Waals surface area contributed by atoms with E-state index in [0.717, 1.165) is 10.8 Å². The first kappa shape index (κ1) is 19.5. The van der Waals surface area contributed by atoms with Crippen molar-refractivity contribution in [2.24, 2.45) is 4.99 Å². The molecule has 0 radical (unpaired) electrons. The van der Waals surface area contributed by atoms with Crippen LogP contribution in [-0.2, 0) is 17.8 Å². The first-order chi connectivity index (χ1) is 15.0. The van der Waals surface area contributed by atoms with Crippen molar-refractivity contribution in [2.45, 2.75) is 13.0 Å². The smallest absolute Gasteiger partial charge is 0.277 e. The third-order valence-electron chi connectivity index (χ3n) is 5.04. The maximum absolute atomic E-state index is 12.5. The van der Waals surface area contributed by atoms with Crippen molar-refractivity contribution in [2.75, 3.05) is 6.79 Å². The van der Waals surface area contributed by atoms with Crippen LogP contribution in [0.3, 0.4) is 0 Å². The number of ether oxygens (including phenoxy) is 2. The normalized spacial score (nSPS) is 15.5. The standard InChI is InChI=1S/C22H16N2O5S2/c25-15-3-1-12(2-4-15)5-6-24-21(27)19(31-22(24)30)9-14-7-13-8-17-18(29-11-28-17)10-16(13)23-20(14)26/h1-4,7-10,25,27H,5-6,11H2/b14-9-. The molecule has 0 saturated heterocycles. The van der Waals surface area contributed by atoms with Crippen molar-refractivity contribution >= 4 is 41.6 Å². The van der Waals surface area contributed by atoms with E-state index in [2.05, 4.69) is 4.99 Å². The number of thiazole rings is 1. The number of aromatic hydroxyl groups is 2. The molecule has 0 aliphatic carbocycles. The third kappa shape index (κ3) is 3.73. The van der Waals surface area contributed by atoms with Gasteiger partial charge in [-0.05, 0) is 54.6 Å². The van der Waals surface area contributed by atoms with E-state index in [-0.39, 0.29) is 18.4 Å². The molecule has 0 fully saturated rings. The van der Waals surface area contributed by atoms with Gasteiger partial charge in [-0.2, -0.15) is 0 Å². The Morgan fingerprint density at radius 2 is 1.90 bits per heavy atom. The van der Waals surface area contributed by atoms with E-state index in [1.165, 1.54) is 11.3 Å². The number of rotatable bonds is 4. The number of phenolic OH excluding ortho intramolecular Hbond substituents is 1. The van der Waals surface area contributed by atoms with E-state index in [4.69, 9.17) is 21.7 Å². The van der Waals surface area contributed by atoms with Gasteiger partial charge in [0.2, 0.25) is 12.7 Å². The predicted octanol–water partition coefficient (Wildman–Crippen LogP) is 2.69. The summed E-state index contributed by atoms with van der Waals surface area (Å²) in [4.78, 5) is 17.2. The van der Waals surface area contributed by atoms with E-state index >= 15 is 0 Å². The maximum atomic E-state index is 12.5. The summed E-state index contributed by atoms with van der Waals surface area (Å²) in [7, 11) is 0. The summed E-state index contributed by atoms with van der Waals surface area (Å²) in [5, 5.41) is 21.4. The highest BCUT2D eigenvalue weighted by Gasteiger charge is 2.19. The second-order valence-electron chi connectivity index (χ2n) is 7.05. The van der Waals surface area contributed by atoms with E-state index in [1.807, 2.05) is 12.1 Å². The lowest BCUT2D eigenvalue weighted by atomic mass is 10.1. The van der Waals surface area contributed by atoms with Gasteiger partial charge in [-0.15, -0.1) is 11.3 Å². The molecule has 2 aliphatic heterocycles. The zero-order chi connectivity index (χ0) is 21.5. The zero-order valence-corrected chi connectivity index (χ0v) is 17.7. The molecule has 0 spiro atoms. The van der Waals surface area contributed by atoms with Crippen LogP contribution in [0.15, 0.2) is 47.0 Å². The van der Waals surface area contributed by atoms with Gasteiger partial charge in [0.15, 0.2) is 15.5 Å². The van der Waals surface area contributed by atoms with Crippen molar-refractivity contribution in [1.29, 1.82) is 0 Å². The number of carbonyl (C=O) groups excluding carboxylic acids is 1. The molecule has 9 heteroatoms. The van der Waals surface area contributed by atoms with E-state index in [0.29, 0.717) is 44.2 Å². The first-order valence-electron chi connectivity index (χ1n) is 9.44. The number of hydrogen-bond acceptors (Lipinski definition) is 7. The Labute approximate surface area is 185 Å². The summed E-state index contributed by atoms with van der Waals surface area (Å²) in [5.41, 5.74) is 1.36. The Kier molecular flexibility index (Phi) is 4.84. The largest absolute Gasteiger partial charge is 0.508 e. The monoisotopic (exact) mass is 452 g/mol. The van der Waals surface area contributed by atoms with Gasteiger partial charge in [-0.1, -0.05) is 12.1 Å². The molecule has 2 aromatic carbocycles. The molecule has 156 valence electrons. The molecular formula is C22H16N2O5S2. The molecule has 31 heavy (non-hydrogen) atoms. The van der Waals surface area contributed by atoms with Crippen LogP contribution in [0.5, 0.6) is 23.1 Å². The molecule has 3 aromatic rings. The lowest BCUT2D eigenvalue weighted by Crippen LogP contribution is -2.30. The van der Waals surface area contributed by atoms with Crippen molar-refractivity contribution < 1.29 is 24.5 Å². The number of phenols is 1. The number of carbonyl (C=O) groups is 1. The third-order valence-corrected chi connectivity index (χ3v) is 6.43. The Morgan fingerprint density at radius 1 is 1.16 bits per heavy atom. The second-order valence-corrected chi connectivity index (χ2v) is 8.72. The van der Waals surface area contributed by atoms with Gasteiger partial charge in [0.25, 0.3) is 5.91 Å². The molecule has 7 nitrogen and oxygen atoms in total. The average Bonchev–Trinajstić information content (AvgIpc) is 3.30. The quantitative estimate of drug-likeness (QED) is 0.467. The fourth-order valence-corrected chi connectivity index (χ4v) is 4.73. The Hall–Kier alpha value is -3.43. The van der Waals surface area contributed by atoms with Gasteiger partial charge in [0.05, 0.1) is 10.2 Å². The molecule has 3 heterocycles.